The van der Waals surface area contributed by atoms with Crippen molar-refractivity contribution in [3.05, 3.63) is 35.4 Å². The van der Waals surface area contributed by atoms with Crippen molar-refractivity contribution in [2.45, 2.75) is 26.2 Å². The molecule has 0 spiro atoms. The predicted molar refractivity (Wildman–Crippen MR) is 88.6 cm³/mol. The Balaban J connectivity index is 0.00000324. The van der Waals surface area contributed by atoms with Crippen molar-refractivity contribution in [3.63, 3.8) is 0 Å². The van der Waals surface area contributed by atoms with Crippen molar-refractivity contribution < 1.29 is 4.74 Å². The first-order chi connectivity index (χ1) is 8.30. The van der Waals surface area contributed by atoms with Crippen LogP contribution in [0.15, 0.2) is 24.3 Å². The van der Waals surface area contributed by atoms with Gasteiger partial charge in [0.15, 0.2) is 5.05 Å². The Hall–Kier alpha value is -0.640. The van der Waals surface area contributed by atoms with Crippen LogP contribution in [0.2, 0.25) is 0 Å². The summed E-state index contributed by atoms with van der Waals surface area (Å²) < 4.78 is 5.55. The van der Waals surface area contributed by atoms with Crippen LogP contribution < -0.4 is 0 Å². The van der Waals surface area contributed by atoms with E-state index in [1.807, 2.05) is 26.2 Å². The number of ether oxygens (including phenoxy) is 1. The molecule has 0 fully saturated rings. The quantitative estimate of drug-likeness (QED) is 0.788. The molecule has 1 aromatic carbocycles. The number of hydrogen-bond acceptors (Lipinski definition) is 3. The minimum atomic E-state index is 0. The zero-order valence-electron chi connectivity index (χ0n) is 12.4. The summed E-state index contributed by atoms with van der Waals surface area (Å²) >= 11 is 5.27. The van der Waals surface area contributed by atoms with Gasteiger partial charge in [-0.1, -0.05) is 45.0 Å². The van der Waals surface area contributed by atoms with Crippen LogP contribution in [-0.4, -0.2) is 37.2 Å². The number of benzene rings is 1. The molecule has 0 aliphatic heterocycles. The zero-order valence-corrected chi connectivity index (χ0v) is 14.0. The topological polar surface area (TPSA) is 12.5 Å². The van der Waals surface area contributed by atoms with Crippen LogP contribution in [0.3, 0.4) is 0 Å². The highest BCUT2D eigenvalue weighted by Gasteiger charge is 2.13. The SMILES string of the molecule is CN(C)CCOC(=S)c1ccc(C(C)(C)C)cc1.Cl. The molecular weight excluding hydrogens is 278 g/mol. The summed E-state index contributed by atoms with van der Waals surface area (Å²) in [5.41, 5.74) is 2.46. The maximum absolute atomic E-state index is 5.55. The van der Waals surface area contributed by atoms with Gasteiger partial charge in [0.05, 0.1) is 0 Å². The van der Waals surface area contributed by atoms with E-state index in [-0.39, 0.29) is 17.8 Å². The summed E-state index contributed by atoms with van der Waals surface area (Å²) in [6.07, 6.45) is 0. The smallest absolute Gasteiger partial charge is 0.191 e. The summed E-state index contributed by atoms with van der Waals surface area (Å²) in [4.78, 5) is 2.07. The Morgan fingerprint density at radius 2 is 1.68 bits per heavy atom. The van der Waals surface area contributed by atoms with Crippen molar-refractivity contribution in [3.8, 4) is 0 Å². The number of hydrogen-bond donors (Lipinski definition) is 0. The van der Waals surface area contributed by atoms with Crippen molar-refractivity contribution in [2.75, 3.05) is 27.2 Å². The molecular formula is C15H24ClNOS. The summed E-state index contributed by atoms with van der Waals surface area (Å²) in [6, 6.07) is 8.32. The van der Waals surface area contributed by atoms with Crippen molar-refractivity contribution >= 4 is 29.7 Å². The lowest BCUT2D eigenvalue weighted by Gasteiger charge is -2.19. The maximum atomic E-state index is 5.55. The standard InChI is InChI=1S/C15H23NOS.ClH/c1-15(2,3)13-8-6-12(7-9-13)14(18)17-11-10-16(4)5;/h6-9H,10-11H2,1-5H3;1H. The Labute approximate surface area is 128 Å². The molecule has 0 bridgehead atoms. The molecule has 19 heavy (non-hydrogen) atoms. The van der Waals surface area contributed by atoms with Gasteiger partial charge in [-0.25, -0.2) is 0 Å². The second-order valence-corrected chi connectivity index (χ2v) is 6.14. The van der Waals surface area contributed by atoms with Crippen LogP contribution in [0.25, 0.3) is 0 Å². The Morgan fingerprint density at radius 3 is 2.11 bits per heavy atom. The van der Waals surface area contributed by atoms with Gasteiger partial charge in [0, 0.05) is 12.1 Å². The molecule has 4 heteroatoms. The summed E-state index contributed by atoms with van der Waals surface area (Å²) in [5, 5.41) is 0.581. The van der Waals surface area contributed by atoms with E-state index in [1.165, 1.54) is 5.56 Å². The number of rotatable bonds is 4. The normalized spacial score (nSPS) is 11.1. The first-order valence-electron chi connectivity index (χ1n) is 6.23. The van der Waals surface area contributed by atoms with E-state index in [4.69, 9.17) is 17.0 Å². The molecule has 108 valence electrons. The van der Waals surface area contributed by atoms with Gasteiger partial charge in [0.1, 0.15) is 6.61 Å². The van der Waals surface area contributed by atoms with Crippen molar-refractivity contribution in [1.82, 2.24) is 4.90 Å². The highest BCUT2D eigenvalue weighted by Crippen LogP contribution is 2.22. The fourth-order valence-corrected chi connectivity index (χ4v) is 1.73. The molecule has 0 aromatic heterocycles. The highest BCUT2D eigenvalue weighted by atomic mass is 35.5. The fraction of sp³-hybridized carbons (Fsp3) is 0.533. The van der Waals surface area contributed by atoms with E-state index >= 15 is 0 Å². The first kappa shape index (κ1) is 18.4. The van der Waals surface area contributed by atoms with Gasteiger partial charge < -0.3 is 9.64 Å². The molecule has 0 radical (unpaired) electrons. The van der Waals surface area contributed by atoms with Gasteiger partial charge in [-0.2, -0.15) is 0 Å². The van der Waals surface area contributed by atoms with E-state index in [1.54, 1.807) is 0 Å². The lowest BCUT2D eigenvalue weighted by molar-refractivity contribution is 0.257. The van der Waals surface area contributed by atoms with Crippen LogP contribution in [0.1, 0.15) is 31.9 Å². The van der Waals surface area contributed by atoms with Crippen molar-refractivity contribution in [2.24, 2.45) is 0 Å². The summed E-state index contributed by atoms with van der Waals surface area (Å²) in [5.74, 6) is 0. The van der Waals surface area contributed by atoms with E-state index in [9.17, 15) is 0 Å². The van der Waals surface area contributed by atoms with Gasteiger partial charge in [0.25, 0.3) is 0 Å². The molecule has 2 nitrogen and oxygen atoms in total. The monoisotopic (exact) mass is 301 g/mol. The average molecular weight is 302 g/mol. The molecule has 0 heterocycles. The average Bonchev–Trinajstić information content (AvgIpc) is 2.27. The molecule has 0 atom stereocenters. The summed E-state index contributed by atoms with van der Waals surface area (Å²) in [6.45, 7) is 8.11. The Kier molecular flexibility index (Phi) is 7.57. The molecule has 0 saturated heterocycles. The van der Waals surface area contributed by atoms with E-state index in [2.05, 4.69) is 37.8 Å². The minimum Gasteiger partial charge on any atom is -0.482 e. The predicted octanol–water partition coefficient (Wildman–Crippen LogP) is 3.66. The van der Waals surface area contributed by atoms with Crippen LogP contribution in [-0.2, 0) is 10.2 Å². The van der Waals surface area contributed by atoms with Crippen LogP contribution in [0.5, 0.6) is 0 Å². The molecule has 0 saturated carbocycles. The molecule has 0 N–H and O–H groups in total. The molecule has 0 unspecified atom stereocenters. The third-order valence-corrected chi connectivity index (χ3v) is 3.11. The van der Waals surface area contributed by atoms with Gasteiger partial charge in [-0.3, -0.25) is 0 Å². The number of likely N-dealkylation sites (N-methyl/N-ethyl adjacent to an activating group) is 1. The van der Waals surface area contributed by atoms with E-state index in [0.29, 0.717) is 11.7 Å². The molecule has 0 amide bonds. The van der Waals surface area contributed by atoms with Crippen LogP contribution >= 0.6 is 24.6 Å². The van der Waals surface area contributed by atoms with Gasteiger partial charge in [-0.05, 0) is 37.3 Å². The third-order valence-electron chi connectivity index (χ3n) is 2.76. The second-order valence-electron chi connectivity index (χ2n) is 5.77. The van der Waals surface area contributed by atoms with Gasteiger partial charge in [-0.15, -0.1) is 12.4 Å². The van der Waals surface area contributed by atoms with Crippen molar-refractivity contribution in [1.29, 1.82) is 0 Å². The molecule has 1 rings (SSSR count). The second kappa shape index (κ2) is 7.83. The molecule has 1 aromatic rings. The molecule has 0 aliphatic rings. The van der Waals surface area contributed by atoms with E-state index in [0.717, 1.165) is 12.1 Å². The third kappa shape index (κ3) is 6.37. The van der Waals surface area contributed by atoms with Crippen LogP contribution in [0, 0.1) is 0 Å². The maximum Gasteiger partial charge on any atom is 0.191 e. The lowest BCUT2D eigenvalue weighted by atomic mass is 9.87. The Bertz CT molecular complexity index is 396. The molecule has 0 aliphatic carbocycles. The number of nitrogens with zero attached hydrogens (tertiary/aromatic N) is 1. The number of halogens is 1. The van der Waals surface area contributed by atoms with Gasteiger partial charge >= 0.3 is 0 Å². The Morgan fingerprint density at radius 1 is 1.16 bits per heavy atom. The minimum absolute atomic E-state index is 0. The lowest BCUT2D eigenvalue weighted by Crippen LogP contribution is -2.20. The summed E-state index contributed by atoms with van der Waals surface area (Å²) in [7, 11) is 4.04. The highest BCUT2D eigenvalue weighted by molar-refractivity contribution is 7.80. The van der Waals surface area contributed by atoms with Crippen LogP contribution in [0.4, 0.5) is 0 Å². The van der Waals surface area contributed by atoms with Gasteiger partial charge in [0.2, 0.25) is 0 Å². The largest absolute Gasteiger partial charge is 0.482 e. The number of thiocarbonyl (C=S) groups is 1. The fourth-order valence-electron chi connectivity index (χ4n) is 1.51. The zero-order chi connectivity index (χ0) is 13.8. The van der Waals surface area contributed by atoms with E-state index < -0.39 is 0 Å². The first-order valence-corrected chi connectivity index (χ1v) is 6.64.